The fraction of sp³-hybridized carbons (Fsp3) is 0.0800. The summed E-state index contributed by atoms with van der Waals surface area (Å²) in [5, 5.41) is 0. The van der Waals surface area contributed by atoms with Crippen LogP contribution in [0.25, 0.3) is 22.4 Å². The van der Waals surface area contributed by atoms with Crippen LogP contribution in [-0.4, -0.2) is 10.8 Å². The lowest BCUT2D eigenvalue weighted by atomic mass is 9.91. The summed E-state index contributed by atoms with van der Waals surface area (Å²) in [6.07, 6.45) is 0. The van der Waals surface area contributed by atoms with Gasteiger partial charge >= 0.3 is 0 Å². The fourth-order valence-corrected chi connectivity index (χ4v) is 3.60. The summed E-state index contributed by atoms with van der Waals surface area (Å²) in [5.74, 6) is 0.0389. The zero-order valence-corrected chi connectivity index (χ0v) is 15.5. The Kier molecular flexibility index (Phi) is 4.47. The third-order valence-electron chi connectivity index (χ3n) is 4.93. The van der Waals surface area contributed by atoms with Gasteiger partial charge in [-0.05, 0) is 30.5 Å². The van der Waals surface area contributed by atoms with Crippen LogP contribution in [0.4, 0.5) is 0 Å². The van der Waals surface area contributed by atoms with Crippen LogP contribution in [0.15, 0.2) is 84.9 Å². The summed E-state index contributed by atoms with van der Waals surface area (Å²) in [6.45, 7) is 4.12. The Balaban J connectivity index is 2.01. The lowest BCUT2D eigenvalue weighted by Gasteiger charge is -2.10. The third-order valence-corrected chi connectivity index (χ3v) is 4.93. The molecule has 0 bridgehead atoms. The minimum Gasteiger partial charge on any atom is -0.357 e. The average Bonchev–Trinajstić information content (AvgIpc) is 3.06. The number of benzene rings is 3. The molecule has 2 heteroatoms. The average molecular weight is 351 g/mol. The van der Waals surface area contributed by atoms with Crippen LogP contribution in [0.3, 0.4) is 0 Å². The van der Waals surface area contributed by atoms with Crippen molar-refractivity contribution in [3.63, 3.8) is 0 Å². The lowest BCUT2D eigenvalue weighted by molar-refractivity contribution is 0.104. The summed E-state index contributed by atoms with van der Waals surface area (Å²) in [7, 11) is 0. The second-order valence-corrected chi connectivity index (χ2v) is 6.75. The van der Waals surface area contributed by atoms with Gasteiger partial charge in [-0.3, -0.25) is 4.79 Å². The quantitative estimate of drug-likeness (QED) is 0.436. The SMILES string of the molecule is Cc1ccccc1-c1c(C)[nH]c(-c2ccccc2)c1C(=O)c1ccccc1. The van der Waals surface area contributed by atoms with Gasteiger partial charge in [0.2, 0.25) is 0 Å². The van der Waals surface area contributed by atoms with Gasteiger partial charge in [0.05, 0.1) is 11.3 Å². The summed E-state index contributed by atoms with van der Waals surface area (Å²) < 4.78 is 0. The normalized spacial score (nSPS) is 10.7. The number of aromatic nitrogens is 1. The summed E-state index contributed by atoms with van der Waals surface area (Å²) >= 11 is 0. The molecule has 1 N–H and O–H groups in total. The van der Waals surface area contributed by atoms with E-state index in [2.05, 4.69) is 24.0 Å². The standard InChI is InChI=1S/C25H21NO/c1-17-11-9-10-16-21(17)22-18(2)26-24(19-12-5-3-6-13-19)23(22)25(27)20-14-7-4-8-15-20/h3-16,26H,1-2H3. The van der Waals surface area contributed by atoms with E-state index in [-0.39, 0.29) is 5.78 Å². The highest BCUT2D eigenvalue weighted by atomic mass is 16.1. The van der Waals surface area contributed by atoms with Gasteiger partial charge in [0.25, 0.3) is 0 Å². The Bertz CT molecular complexity index is 1090. The molecular weight excluding hydrogens is 330 g/mol. The van der Waals surface area contributed by atoms with Crippen LogP contribution < -0.4 is 0 Å². The second-order valence-electron chi connectivity index (χ2n) is 6.75. The summed E-state index contributed by atoms with van der Waals surface area (Å²) in [5.41, 5.74) is 7.56. The molecule has 0 fully saturated rings. The maximum absolute atomic E-state index is 13.5. The van der Waals surface area contributed by atoms with E-state index >= 15 is 0 Å². The van der Waals surface area contributed by atoms with E-state index in [9.17, 15) is 4.79 Å². The first-order chi connectivity index (χ1) is 13.2. The van der Waals surface area contributed by atoms with Gasteiger partial charge in [-0.2, -0.15) is 0 Å². The Morgan fingerprint density at radius 2 is 1.33 bits per heavy atom. The number of aromatic amines is 1. The smallest absolute Gasteiger partial charge is 0.195 e. The second kappa shape index (κ2) is 7.08. The largest absolute Gasteiger partial charge is 0.357 e. The zero-order valence-electron chi connectivity index (χ0n) is 15.5. The monoisotopic (exact) mass is 351 g/mol. The van der Waals surface area contributed by atoms with Crippen LogP contribution in [0.1, 0.15) is 27.2 Å². The van der Waals surface area contributed by atoms with Crippen molar-refractivity contribution in [2.75, 3.05) is 0 Å². The van der Waals surface area contributed by atoms with Crippen molar-refractivity contribution < 1.29 is 4.79 Å². The van der Waals surface area contributed by atoms with E-state index in [4.69, 9.17) is 0 Å². The van der Waals surface area contributed by atoms with Gasteiger partial charge in [0.1, 0.15) is 0 Å². The van der Waals surface area contributed by atoms with E-state index in [0.29, 0.717) is 5.56 Å². The Morgan fingerprint density at radius 1 is 0.741 bits per heavy atom. The van der Waals surface area contributed by atoms with Crippen LogP contribution in [0, 0.1) is 13.8 Å². The molecule has 132 valence electrons. The zero-order chi connectivity index (χ0) is 18.8. The lowest BCUT2D eigenvalue weighted by Crippen LogP contribution is -2.04. The number of carbonyl (C=O) groups excluding carboxylic acids is 1. The van der Waals surface area contributed by atoms with E-state index < -0.39 is 0 Å². The minimum atomic E-state index is 0.0389. The number of H-pyrrole nitrogens is 1. The minimum absolute atomic E-state index is 0.0389. The summed E-state index contributed by atoms with van der Waals surface area (Å²) in [4.78, 5) is 17.0. The topological polar surface area (TPSA) is 32.9 Å². The van der Waals surface area contributed by atoms with Crippen molar-refractivity contribution in [3.05, 3.63) is 107 Å². The number of nitrogens with one attached hydrogen (secondary N) is 1. The Labute approximate surface area is 159 Å². The van der Waals surface area contributed by atoms with Crippen molar-refractivity contribution in [1.29, 1.82) is 0 Å². The first kappa shape index (κ1) is 17.0. The molecule has 0 aliphatic heterocycles. The number of hydrogen-bond acceptors (Lipinski definition) is 1. The van der Waals surface area contributed by atoms with Crippen LogP contribution in [0.5, 0.6) is 0 Å². The van der Waals surface area contributed by atoms with Gasteiger partial charge in [0.15, 0.2) is 5.78 Å². The number of ketones is 1. The maximum atomic E-state index is 13.5. The van der Waals surface area contributed by atoms with Crippen molar-refractivity contribution in [1.82, 2.24) is 4.98 Å². The van der Waals surface area contributed by atoms with Gasteiger partial charge in [-0.1, -0.05) is 84.9 Å². The van der Waals surface area contributed by atoms with Crippen molar-refractivity contribution in [3.8, 4) is 22.4 Å². The number of rotatable bonds is 4. The highest BCUT2D eigenvalue weighted by Gasteiger charge is 2.25. The molecule has 0 unspecified atom stereocenters. The molecule has 0 saturated carbocycles. The van der Waals surface area contributed by atoms with Crippen LogP contribution >= 0.6 is 0 Å². The van der Waals surface area contributed by atoms with Crippen LogP contribution in [-0.2, 0) is 0 Å². The van der Waals surface area contributed by atoms with Crippen molar-refractivity contribution >= 4 is 5.78 Å². The highest BCUT2D eigenvalue weighted by Crippen LogP contribution is 2.38. The molecule has 0 amide bonds. The van der Waals surface area contributed by atoms with Gasteiger partial charge in [-0.25, -0.2) is 0 Å². The molecule has 0 atom stereocenters. The predicted molar refractivity (Wildman–Crippen MR) is 111 cm³/mol. The van der Waals surface area contributed by atoms with E-state index in [1.54, 1.807) is 0 Å². The number of carbonyl (C=O) groups is 1. The molecule has 1 aromatic heterocycles. The van der Waals surface area contributed by atoms with Gasteiger partial charge < -0.3 is 4.98 Å². The Morgan fingerprint density at radius 3 is 2.00 bits per heavy atom. The first-order valence-corrected chi connectivity index (χ1v) is 9.10. The highest BCUT2D eigenvalue weighted by molar-refractivity contribution is 6.17. The fourth-order valence-electron chi connectivity index (χ4n) is 3.60. The molecule has 0 radical (unpaired) electrons. The van der Waals surface area contributed by atoms with Crippen LogP contribution in [0.2, 0.25) is 0 Å². The molecule has 2 nitrogen and oxygen atoms in total. The van der Waals surface area contributed by atoms with Gasteiger partial charge in [-0.15, -0.1) is 0 Å². The molecule has 0 spiro atoms. The van der Waals surface area contributed by atoms with Crippen molar-refractivity contribution in [2.24, 2.45) is 0 Å². The molecule has 27 heavy (non-hydrogen) atoms. The van der Waals surface area contributed by atoms with Crippen molar-refractivity contribution in [2.45, 2.75) is 13.8 Å². The van der Waals surface area contributed by atoms with E-state index in [1.165, 1.54) is 0 Å². The molecule has 3 aromatic carbocycles. The molecule has 4 rings (SSSR count). The van der Waals surface area contributed by atoms with Gasteiger partial charge in [0, 0.05) is 16.8 Å². The molecule has 1 heterocycles. The summed E-state index contributed by atoms with van der Waals surface area (Å²) in [6, 6.07) is 27.8. The molecule has 0 saturated heterocycles. The predicted octanol–water partition coefficient (Wildman–Crippen LogP) is 6.20. The molecule has 0 aliphatic carbocycles. The maximum Gasteiger partial charge on any atom is 0.195 e. The van der Waals surface area contributed by atoms with E-state index in [1.807, 2.05) is 79.7 Å². The molecular formula is C25H21NO. The Hall–Kier alpha value is -3.39. The molecule has 4 aromatic rings. The number of aryl methyl sites for hydroxylation is 2. The first-order valence-electron chi connectivity index (χ1n) is 9.10. The number of hydrogen-bond donors (Lipinski definition) is 1. The molecule has 0 aliphatic rings. The van der Waals surface area contributed by atoms with E-state index in [0.717, 1.165) is 39.2 Å². The third kappa shape index (κ3) is 3.11.